The van der Waals surface area contributed by atoms with Crippen LogP contribution in [0.25, 0.3) is 11.1 Å². The normalized spacial score (nSPS) is 12.1. The molecule has 0 aliphatic rings. The lowest BCUT2D eigenvalue weighted by atomic mass is 10.0. The van der Waals surface area contributed by atoms with E-state index in [-0.39, 0.29) is 6.61 Å². The minimum absolute atomic E-state index is 0.0485. The van der Waals surface area contributed by atoms with Crippen LogP contribution in [0.2, 0.25) is 0 Å². The van der Waals surface area contributed by atoms with Crippen LogP contribution in [0.3, 0.4) is 0 Å². The van der Waals surface area contributed by atoms with Crippen molar-refractivity contribution in [3.63, 3.8) is 0 Å². The van der Waals surface area contributed by atoms with E-state index in [0.717, 1.165) is 20.8 Å². The Balaban J connectivity index is 2.46. The van der Waals surface area contributed by atoms with E-state index in [1.54, 1.807) is 13.8 Å². The lowest BCUT2D eigenvalue weighted by Crippen LogP contribution is -2.22. The molecule has 6 heteroatoms. The maximum Gasteiger partial charge on any atom is 0.256 e. The highest BCUT2D eigenvalue weighted by Gasteiger charge is 2.19. The van der Waals surface area contributed by atoms with Gasteiger partial charge >= 0.3 is 0 Å². The van der Waals surface area contributed by atoms with Gasteiger partial charge in [-0.1, -0.05) is 17.7 Å². The number of aryl methyl sites for hydroxylation is 1. The van der Waals surface area contributed by atoms with Crippen LogP contribution < -0.4 is 0 Å². The topological polar surface area (TPSA) is 72.2 Å². The lowest BCUT2D eigenvalue weighted by Gasteiger charge is -2.07. The Kier molecular flexibility index (Phi) is 3.96. The third-order valence-electron chi connectivity index (χ3n) is 3.07. The summed E-state index contributed by atoms with van der Waals surface area (Å²) in [6.07, 6.45) is 3.03. The standard InChI is InChI=1S/C14H18N2O3S/c1-10(2)20(18,19)16-8-14(7-15-16)13-5-11(3)4-12(6-13)9-17/h4-8,10,17H,9H2,1-3H3. The van der Waals surface area contributed by atoms with Gasteiger partial charge in [0, 0.05) is 5.56 Å². The molecule has 0 saturated heterocycles. The molecule has 5 nitrogen and oxygen atoms in total. The third kappa shape index (κ3) is 2.76. The van der Waals surface area contributed by atoms with E-state index in [0.29, 0.717) is 5.56 Å². The molecule has 0 bridgehead atoms. The first-order valence-electron chi connectivity index (χ1n) is 6.35. The van der Waals surface area contributed by atoms with Gasteiger partial charge in [0.2, 0.25) is 0 Å². The van der Waals surface area contributed by atoms with Crippen molar-refractivity contribution in [2.45, 2.75) is 32.6 Å². The molecule has 0 aliphatic heterocycles. The van der Waals surface area contributed by atoms with Crippen LogP contribution in [0.15, 0.2) is 30.6 Å². The molecular weight excluding hydrogens is 276 g/mol. The van der Waals surface area contributed by atoms with Gasteiger partial charge in [0.1, 0.15) is 0 Å². The SMILES string of the molecule is Cc1cc(CO)cc(-c2cnn(S(=O)(=O)C(C)C)c2)c1. The van der Waals surface area contributed by atoms with Gasteiger partial charge in [0.05, 0.1) is 24.3 Å². The highest BCUT2D eigenvalue weighted by atomic mass is 32.2. The molecule has 1 N–H and O–H groups in total. The van der Waals surface area contributed by atoms with Gasteiger partial charge in [-0.05, 0) is 38.0 Å². The number of hydrogen-bond donors (Lipinski definition) is 1. The van der Waals surface area contributed by atoms with Crippen molar-refractivity contribution in [1.82, 2.24) is 9.19 Å². The summed E-state index contributed by atoms with van der Waals surface area (Å²) < 4.78 is 25.1. The molecule has 0 atom stereocenters. The summed E-state index contributed by atoms with van der Waals surface area (Å²) in [6.45, 7) is 5.12. The van der Waals surface area contributed by atoms with E-state index in [2.05, 4.69) is 5.10 Å². The number of aliphatic hydroxyl groups is 1. The van der Waals surface area contributed by atoms with Crippen LogP contribution in [0.4, 0.5) is 0 Å². The van der Waals surface area contributed by atoms with Crippen LogP contribution in [-0.2, 0) is 16.6 Å². The molecule has 0 spiro atoms. The summed E-state index contributed by atoms with van der Waals surface area (Å²) in [7, 11) is -3.43. The zero-order valence-electron chi connectivity index (χ0n) is 11.7. The van der Waals surface area contributed by atoms with Gasteiger partial charge in [0.25, 0.3) is 10.0 Å². The molecule has 1 heterocycles. The van der Waals surface area contributed by atoms with Crippen molar-refractivity contribution >= 4 is 10.0 Å². The number of benzene rings is 1. The minimum Gasteiger partial charge on any atom is -0.392 e. The molecule has 0 amide bonds. The summed E-state index contributed by atoms with van der Waals surface area (Å²) in [4.78, 5) is 0. The Labute approximate surface area is 118 Å². The average molecular weight is 294 g/mol. The zero-order chi connectivity index (χ0) is 14.9. The Hall–Kier alpha value is -1.66. The maximum atomic E-state index is 12.0. The van der Waals surface area contributed by atoms with E-state index < -0.39 is 15.3 Å². The van der Waals surface area contributed by atoms with E-state index in [1.165, 1.54) is 12.4 Å². The molecule has 2 aromatic rings. The van der Waals surface area contributed by atoms with E-state index >= 15 is 0 Å². The predicted octanol–water partition coefficient (Wildman–Crippen LogP) is 1.94. The van der Waals surface area contributed by atoms with Crippen molar-refractivity contribution in [3.8, 4) is 11.1 Å². The molecular formula is C14H18N2O3S. The summed E-state index contributed by atoms with van der Waals surface area (Å²) in [5.74, 6) is 0. The summed E-state index contributed by atoms with van der Waals surface area (Å²) in [6, 6.07) is 5.65. The van der Waals surface area contributed by atoms with Crippen LogP contribution in [-0.4, -0.2) is 28.0 Å². The largest absolute Gasteiger partial charge is 0.392 e. The number of aromatic nitrogens is 2. The number of nitrogens with zero attached hydrogens (tertiary/aromatic N) is 2. The molecule has 0 radical (unpaired) electrons. The number of hydrogen-bond acceptors (Lipinski definition) is 4. The van der Waals surface area contributed by atoms with Gasteiger partial charge in [-0.2, -0.15) is 9.19 Å². The van der Waals surface area contributed by atoms with Crippen molar-refractivity contribution < 1.29 is 13.5 Å². The van der Waals surface area contributed by atoms with Gasteiger partial charge < -0.3 is 5.11 Å². The Morgan fingerprint density at radius 2 is 1.95 bits per heavy atom. The maximum absolute atomic E-state index is 12.0. The van der Waals surface area contributed by atoms with Gasteiger partial charge in [-0.15, -0.1) is 0 Å². The van der Waals surface area contributed by atoms with Crippen LogP contribution >= 0.6 is 0 Å². The molecule has 0 aliphatic carbocycles. The number of aliphatic hydroxyl groups excluding tert-OH is 1. The molecule has 108 valence electrons. The smallest absolute Gasteiger partial charge is 0.256 e. The summed E-state index contributed by atoms with van der Waals surface area (Å²) in [5, 5.41) is 12.6. The van der Waals surface area contributed by atoms with Crippen molar-refractivity contribution in [2.24, 2.45) is 0 Å². The quantitative estimate of drug-likeness (QED) is 0.935. The zero-order valence-corrected chi connectivity index (χ0v) is 12.6. The van der Waals surface area contributed by atoms with Crippen LogP contribution in [0, 0.1) is 6.92 Å². The van der Waals surface area contributed by atoms with Gasteiger partial charge in [-0.3, -0.25) is 0 Å². The molecule has 0 fully saturated rings. The predicted molar refractivity (Wildman–Crippen MR) is 77.8 cm³/mol. The second-order valence-electron chi connectivity index (χ2n) is 5.06. The third-order valence-corrected chi connectivity index (χ3v) is 4.98. The average Bonchev–Trinajstić information content (AvgIpc) is 2.87. The van der Waals surface area contributed by atoms with Crippen LogP contribution in [0.1, 0.15) is 25.0 Å². The summed E-state index contributed by atoms with van der Waals surface area (Å²) >= 11 is 0. The lowest BCUT2D eigenvalue weighted by molar-refractivity contribution is 0.282. The molecule has 1 aromatic carbocycles. The number of rotatable bonds is 4. The monoisotopic (exact) mass is 294 g/mol. The van der Waals surface area contributed by atoms with E-state index in [1.807, 2.05) is 25.1 Å². The highest BCUT2D eigenvalue weighted by molar-refractivity contribution is 7.90. The highest BCUT2D eigenvalue weighted by Crippen LogP contribution is 2.23. The Morgan fingerprint density at radius 3 is 2.55 bits per heavy atom. The first-order valence-corrected chi connectivity index (χ1v) is 7.86. The molecule has 0 unspecified atom stereocenters. The second-order valence-corrected chi connectivity index (χ2v) is 7.41. The first kappa shape index (κ1) is 14.7. The molecule has 20 heavy (non-hydrogen) atoms. The van der Waals surface area contributed by atoms with Crippen LogP contribution in [0.5, 0.6) is 0 Å². The molecule has 0 saturated carbocycles. The fraction of sp³-hybridized carbons (Fsp3) is 0.357. The Bertz CT molecular complexity index is 718. The minimum atomic E-state index is -3.43. The van der Waals surface area contributed by atoms with Crippen molar-refractivity contribution in [1.29, 1.82) is 0 Å². The summed E-state index contributed by atoms with van der Waals surface area (Å²) in [5.41, 5.74) is 3.36. The van der Waals surface area contributed by atoms with Gasteiger partial charge in [0.15, 0.2) is 0 Å². The fourth-order valence-corrected chi connectivity index (χ4v) is 2.80. The second kappa shape index (κ2) is 5.38. The molecule has 1 aromatic heterocycles. The van der Waals surface area contributed by atoms with E-state index in [4.69, 9.17) is 0 Å². The van der Waals surface area contributed by atoms with Crippen molar-refractivity contribution in [2.75, 3.05) is 0 Å². The first-order chi connectivity index (χ1) is 9.34. The Morgan fingerprint density at radius 1 is 1.25 bits per heavy atom. The molecule has 2 rings (SSSR count). The van der Waals surface area contributed by atoms with Gasteiger partial charge in [-0.25, -0.2) is 8.42 Å². The van der Waals surface area contributed by atoms with E-state index in [9.17, 15) is 13.5 Å². The fourth-order valence-electron chi connectivity index (χ4n) is 1.93. The van der Waals surface area contributed by atoms with Crippen molar-refractivity contribution in [3.05, 3.63) is 41.7 Å².